The summed E-state index contributed by atoms with van der Waals surface area (Å²) >= 11 is 10.6. The van der Waals surface area contributed by atoms with E-state index in [1.165, 1.54) is 12.8 Å². The first-order valence-electron chi connectivity index (χ1n) is 4.24. The minimum atomic E-state index is -0.934. The predicted octanol–water partition coefficient (Wildman–Crippen LogP) is 2.49. The van der Waals surface area contributed by atoms with Gasteiger partial charge in [-0.15, -0.1) is 0 Å². The topological polar surface area (TPSA) is 29.1 Å². The van der Waals surface area contributed by atoms with Crippen LogP contribution in [-0.4, -0.2) is 17.3 Å². The van der Waals surface area contributed by atoms with Crippen molar-refractivity contribution in [2.45, 2.75) is 37.4 Å². The molecule has 0 fully saturated rings. The Hall–Kier alpha value is 0.0500. The number of hydrogen-bond acceptors (Lipinski definition) is 1. The lowest BCUT2D eigenvalue weighted by molar-refractivity contribution is -0.119. The molecule has 0 atom stereocenters. The number of halogens is 2. The molecular formula is C8H15Cl2NO. The Morgan fingerprint density at radius 1 is 1.33 bits per heavy atom. The molecule has 0 aromatic heterocycles. The van der Waals surface area contributed by atoms with Crippen molar-refractivity contribution in [1.29, 1.82) is 0 Å². The summed E-state index contributed by atoms with van der Waals surface area (Å²) in [5, 5.41) is 2.64. The second kappa shape index (κ2) is 7.69. The molecule has 0 aromatic rings. The van der Waals surface area contributed by atoms with Gasteiger partial charge in [-0.1, -0.05) is 49.4 Å². The molecule has 2 nitrogen and oxygen atoms in total. The average molecular weight is 212 g/mol. The van der Waals surface area contributed by atoms with E-state index in [9.17, 15) is 4.79 Å². The standard InChI is InChI=1S/C8H15Cl2NO/c1-2-3-4-5-6-11-8(12)7(9)10/h7H,2-6H2,1H3,(H,11,12). The van der Waals surface area contributed by atoms with Crippen molar-refractivity contribution in [3.05, 3.63) is 0 Å². The molecular weight excluding hydrogens is 197 g/mol. The van der Waals surface area contributed by atoms with Crippen LogP contribution in [0.25, 0.3) is 0 Å². The zero-order valence-electron chi connectivity index (χ0n) is 7.28. The highest BCUT2D eigenvalue weighted by Gasteiger charge is 2.08. The number of alkyl halides is 2. The Labute approximate surface area is 83.6 Å². The average Bonchev–Trinajstić information content (AvgIpc) is 2.03. The van der Waals surface area contributed by atoms with Crippen molar-refractivity contribution in [2.24, 2.45) is 0 Å². The SMILES string of the molecule is CCCCCCNC(=O)C(Cl)Cl. The zero-order valence-corrected chi connectivity index (χ0v) is 8.79. The molecule has 0 aliphatic rings. The van der Waals surface area contributed by atoms with Gasteiger partial charge in [0.1, 0.15) is 0 Å². The summed E-state index contributed by atoms with van der Waals surface area (Å²) in [6, 6.07) is 0. The third-order valence-corrected chi connectivity index (χ3v) is 1.92. The minimum Gasteiger partial charge on any atom is -0.354 e. The summed E-state index contributed by atoms with van der Waals surface area (Å²) in [5.41, 5.74) is 0. The molecule has 72 valence electrons. The van der Waals surface area contributed by atoms with E-state index < -0.39 is 4.84 Å². The van der Waals surface area contributed by atoms with E-state index in [1.54, 1.807) is 0 Å². The highest BCUT2D eigenvalue weighted by atomic mass is 35.5. The highest BCUT2D eigenvalue weighted by molar-refractivity contribution is 6.53. The van der Waals surface area contributed by atoms with Gasteiger partial charge in [-0.2, -0.15) is 0 Å². The van der Waals surface area contributed by atoms with E-state index >= 15 is 0 Å². The van der Waals surface area contributed by atoms with Gasteiger partial charge in [0.2, 0.25) is 0 Å². The molecule has 4 heteroatoms. The smallest absolute Gasteiger partial charge is 0.253 e. The summed E-state index contributed by atoms with van der Waals surface area (Å²) in [6.45, 7) is 2.82. The van der Waals surface area contributed by atoms with Crippen LogP contribution in [-0.2, 0) is 4.79 Å². The molecule has 0 aromatic carbocycles. The quantitative estimate of drug-likeness (QED) is 0.531. The minimum absolute atomic E-state index is 0.296. The van der Waals surface area contributed by atoms with E-state index in [-0.39, 0.29) is 5.91 Å². The number of carbonyl (C=O) groups excluding carboxylic acids is 1. The molecule has 0 heterocycles. The fourth-order valence-corrected chi connectivity index (χ4v) is 0.995. The van der Waals surface area contributed by atoms with Gasteiger partial charge in [-0.25, -0.2) is 0 Å². The van der Waals surface area contributed by atoms with Crippen LogP contribution in [0.2, 0.25) is 0 Å². The number of hydrogen-bond donors (Lipinski definition) is 1. The summed E-state index contributed by atoms with van der Waals surface area (Å²) in [6.07, 6.45) is 4.55. The van der Waals surface area contributed by atoms with E-state index in [4.69, 9.17) is 23.2 Å². The number of unbranched alkanes of at least 4 members (excludes halogenated alkanes) is 3. The lowest BCUT2D eigenvalue weighted by atomic mass is 10.2. The monoisotopic (exact) mass is 211 g/mol. The van der Waals surface area contributed by atoms with Crippen molar-refractivity contribution in [1.82, 2.24) is 5.32 Å². The fraction of sp³-hybridized carbons (Fsp3) is 0.875. The van der Waals surface area contributed by atoms with Crippen molar-refractivity contribution >= 4 is 29.1 Å². The molecule has 1 N–H and O–H groups in total. The molecule has 0 aliphatic heterocycles. The maximum atomic E-state index is 10.8. The van der Waals surface area contributed by atoms with Crippen LogP contribution in [0.4, 0.5) is 0 Å². The first-order valence-corrected chi connectivity index (χ1v) is 5.11. The van der Waals surface area contributed by atoms with Crippen LogP contribution < -0.4 is 5.32 Å². The third kappa shape index (κ3) is 6.74. The molecule has 0 unspecified atom stereocenters. The van der Waals surface area contributed by atoms with Crippen LogP contribution in [0.15, 0.2) is 0 Å². The molecule has 0 radical (unpaired) electrons. The molecule has 12 heavy (non-hydrogen) atoms. The Bertz CT molecular complexity index is 128. The number of amides is 1. The Balaban J connectivity index is 3.14. The van der Waals surface area contributed by atoms with Gasteiger partial charge >= 0.3 is 0 Å². The number of carbonyl (C=O) groups is 1. The molecule has 0 saturated carbocycles. The van der Waals surface area contributed by atoms with E-state index in [1.807, 2.05) is 0 Å². The van der Waals surface area contributed by atoms with Gasteiger partial charge in [-0.3, -0.25) is 4.79 Å². The van der Waals surface area contributed by atoms with Crippen molar-refractivity contribution < 1.29 is 4.79 Å². The normalized spacial score (nSPS) is 10.3. The molecule has 0 spiro atoms. The second-order valence-corrected chi connectivity index (χ2v) is 3.75. The van der Waals surface area contributed by atoms with Crippen molar-refractivity contribution in [2.75, 3.05) is 6.54 Å². The Morgan fingerprint density at radius 3 is 2.50 bits per heavy atom. The van der Waals surface area contributed by atoms with Crippen molar-refractivity contribution in [3.63, 3.8) is 0 Å². The molecule has 0 bridgehead atoms. The summed E-state index contributed by atoms with van der Waals surface area (Å²) in [5.74, 6) is -0.296. The van der Waals surface area contributed by atoms with Gasteiger partial charge in [-0.05, 0) is 6.42 Å². The number of rotatable bonds is 6. The molecule has 0 rings (SSSR count). The van der Waals surface area contributed by atoms with Gasteiger partial charge in [0.15, 0.2) is 4.84 Å². The lowest BCUT2D eigenvalue weighted by Crippen LogP contribution is -2.29. The highest BCUT2D eigenvalue weighted by Crippen LogP contribution is 2.01. The lowest BCUT2D eigenvalue weighted by Gasteiger charge is -2.04. The van der Waals surface area contributed by atoms with Gasteiger partial charge in [0.05, 0.1) is 0 Å². The second-order valence-electron chi connectivity index (χ2n) is 2.65. The summed E-state index contributed by atoms with van der Waals surface area (Å²) < 4.78 is 0. The molecule has 0 saturated heterocycles. The Morgan fingerprint density at radius 2 is 2.00 bits per heavy atom. The van der Waals surface area contributed by atoms with Crippen LogP contribution in [0, 0.1) is 0 Å². The molecule has 0 aliphatic carbocycles. The largest absolute Gasteiger partial charge is 0.354 e. The first-order chi connectivity index (χ1) is 5.68. The number of nitrogens with one attached hydrogen (secondary N) is 1. The van der Waals surface area contributed by atoms with E-state index in [2.05, 4.69) is 12.2 Å². The Kier molecular flexibility index (Phi) is 7.72. The fourth-order valence-electron chi connectivity index (χ4n) is 0.841. The van der Waals surface area contributed by atoms with Crippen molar-refractivity contribution in [3.8, 4) is 0 Å². The van der Waals surface area contributed by atoms with Crippen LogP contribution in [0.5, 0.6) is 0 Å². The maximum Gasteiger partial charge on any atom is 0.253 e. The summed E-state index contributed by atoms with van der Waals surface area (Å²) in [4.78, 5) is 9.87. The van der Waals surface area contributed by atoms with Gasteiger partial charge in [0, 0.05) is 6.54 Å². The van der Waals surface area contributed by atoms with Crippen LogP contribution in [0.3, 0.4) is 0 Å². The third-order valence-electron chi connectivity index (χ3n) is 1.53. The van der Waals surface area contributed by atoms with Gasteiger partial charge < -0.3 is 5.32 Å². The van der Waals surface area contributed by atoms with E-state index in [0.717, 1.165) is 12.8 Å². The first kappa shape index (κ1) is 12.0. The van der Waals surface area contributed by atoms with Gasteiger partial charge in [0.25, 0.3) is 5.91 Å². The van der Waals surface area contributed by atoms with E-state index in [0.29, 0.717) is 6.54 Å². The predicted molar refractivity (Wildman–Crippen MR) is 52.6 cm³/mol. The zero-order chi connectivity index (χ0) is 9.40. The summed E-state index contributed by atoms with van der Waals surface area (Å²) in [7, 11) is 0. The van der Waals surface area contributed by atoms with Crippen LogP contribution >= 0.6 is 23.2 Å². The van der Waals surface area contributed by atoms with Crippen LogP contribution in [0.1, 0.15) is 32.6 Å². The maximum absolute atomic E-state index is 10.8. The molecule has 1 amide bonds.